The summed E-state index contributed by atoms with van der Waals surface area (Å²) in [5.41, 5.74) is 0.930. The Balaban J connectivity index is 2.37. The number of nitrogens with zero attached hydrogens (tertiary/aromatic N) is 2. The fraction of sp³-hybridized carbons (Fsp3) is 0.273. The van der Waals surface area contributed by atoms with E-state index in [9.17, 15) is 4.39 Å². The molecule has 0 aliphatic rings. The molecular weight excluding hydrogens is 352 g/mol. The van der Waals surface area contributed by atoms with E-state index in [-0.39, 0.29) is 11.9 Å². The zero-order valence-corrected chi connectivity index (χ0v) is 12.3. The van der Waals surface area contributed by atoms with Gasteiger partial charge in [-0.15, -0.1) is 10.2 Å². The highest BCUT2D eigenvalue weighted by Gasteiger charge is 2.13. The van der Waals surface area contributed by atoms with Gasteiger partial charge in [0.15, 0.2) is 0 Å². The van der Waals surface area contributed by atoms with Crippen molar-refractivity contribution in [1.82, 2.24) is 15.5 Å². The van der Waals surface area contributed by atoms with Crippen LogP contribution in [0.15, 0.2) is 18.2 Å². The zero-order valence-electron chi connectivity index (χ0n) is 9.37. The van der Waals surface area contributed by atoms with Crippen LogP contribution in [0, 0.1) is 9.39 Å². The maximum absolute atomic E-state index is 13.0. The second-order valence-corrected chi connectivity index (χ2v) is 5.75. The Bertz CT molecular complexity index is 529. The van der Waals surface area contributed by atoms with Crippen molar-refractivity contribution in [3.8, 4) is 10.6 Å². The SMILES string of the molecule is CNC(C)c1nnc(-c2ccc(F)cc2I)s1. The number of benzene rings is 1. The molecule has 0 aliphatic heterocycles. The predicted octanol–water partition coefficient (Wildman–Crippen LogP) is 3.23. The first-order valence-electron chi connectivity index (χ1n) is 5.08. The first-order valence-corrected chi connectivity index (χ1v) is 6.97. The van der Waals surface area contributed by atoms with Gasteiger partial charge in [-0.25, -0.2) is 4.39 Å². The lowest BCUT2D eigenvalue weighted by atomic mass is 10.2. The second kappa shape index (κ2) is 5.36. The maximum Gasteiger partial charge on any atom is 0.148 e. The Morgan fingerprint density at radius 1 is 1.41 bits per heavy atom. The minimum Gasteiger partial charge on any atom is -0.311 e. The van der Waals surface area contributed by atoms with Gasteiger partial charge in [0.1, 0.15) is 15.8 Å². The first kappa shape index (κ1) is 12.8. The van der Waals surface area contributed by atoms with Gasteiger partial charge >= 0.3 is 0 Å². The Kier molecular flexibility index (Phi) is 4.05. The van der Waals surface area contributed by atoms with Crippen LogP contribution in [-0.4, -0.2) is 17.2 Å². The lowest BCUT2D eigenvalue weighted by molar-refractivity contribution is 0.627. The Labute approximate surface area is 117 Å². The van der Waals surface area contributed by atoms with Crippen molar-refractivity contribution in [2.75, 3.05) is 7.05 Å². The summed E-state index contributed by atoms with van der Waals surface area (Å²) < 4.78 is 13.9. The molecule has 0 radical (unpaired) electrons. The average Bonchev–Trinajstić information content (AvgIpc) is 2.77. The van der Waals surface area contributed by atoms with E-state index in [2.05, 4.69) is 38.1 Å². The van der Waals surface area contributed by atoms with Crippen molar-refractivity contribution < 1.29 is 4.39 Å². The van der Waals surface area contributed by atoms with E-state index >= 15 is 0 Å². The molecule has 0 saturated carbocycles. The molecule has 0 amide bonds. The van der Waals surface area contributed by atoms with Gasteiger partial charge in [-0.1, -0.05) is 11.3 Å². The maximum atomic E-state index is 13.0. The van der Waals surface area contributed by atoms with E-state index < -0.39 is 0 Å². The third-order valence-electron chi connectivity index (χ3n) is 2.41. The lowest BCUT2D eigenvalue weighted by Crippen LogP contribution is -2.11. The lowest BCUT2D eigenvalue weighted by Gasteiger charge is -2.03. The summed E-state index contributed by atoms with van der Waals surface area (Å²) in [4.78, 5) is 0. The van der Waals surface area contributed by atoms with Crippen LogP contribution in [0.5, 0.6) is 0 Å². The monoisotopic (exact) mass is 363 g/mol. The van der Waals surface area contributed by atoms with Crippen LogP contribution in [0.1, 0.15) is 18.0 Å². The molecule has 6 heteroatoms. The van der Waals surface area contributed by atoms with E-state index in [0.717, 1.165) is 19.1 Å². The molecule has 2 aromatic rings. The number of aromatic nitrogens is 2. The van der Waals surface area contributed by atoms with Crippen molar-refractivity contribution >= 4 is 33.9 Å². The van der Waals surface area contributed by atoms with Gasteiger partial charge in [0.05, 0.1) is 6.04 Å². The summed E-state index contributed by atoms with van der Waals surface area (Å²) in [5.74, 6) is -0.230. The molecule has 17 heavy (non-hydrogen) atoms. The van der Waals surface area contributed by atoms with E-state index in [1.807, 2.05) is 14.0 Å². The smallest absolute Gasteiger partial charge is 0.148 e. The molecule has 2 rings (SSSR count). The van der Waals surface area contributed by atoms with Gasteiger partial charge in [-0.2, -0.15) is 0 Å². The summed E-state index contributed by atoms with van der Waals surface area (Å²) in [6.45, 7) is 2.03. The van der Waals surface area contributed by atoms with Crippen molar-refractivity contribution in [2.45, 2.75) is 13.0 Å². The third kappa shape index (κ3) is 2.80. The standard InChI is InChI=1S/C11H11FIN3S/c1-6(14-2)10-15-16-11(17-10)8-4-3-7(12)5-9(8)13/h3-6,14H,1-2H3. The van der Waals surface area contributed by atoms with Crippen LogP contribution in [0.2, 0.25) is 0 Å². The van der Waals surface area contributed by atoms with Crippen LogP contribution >= 0.6 is 33.9 Å². The Hall–Kier alpha value is -0.600. The molecule has 0 bridgehead atoms. The third-order valence-corrected chi connectivity index (χ3v) is 4.44. The molecule has 0 saturated heterocycles. The minimum atomic E-state index is -0.230. The number of hydrogen-bond donors (Lipinski definition) is 1. The van der Waals surface area contributed by atoms with E-state index in [4.69, 9.17) is 0 Å². The molecule has 1 aromatic heterocycles. The van der Waals surface area contributed by atoms with Gasteiger partial charge in [0.25, 0.3) is 0 Å². The fourth-order valence-electron chi connectivity index (χ4n) is 1.30. The molecule has 1 heterocycles. The highest BCUT2D eigenvalue weighted by molar-refractivity contribution is 14.1. The fourth-order valence-corrected chi connectivity index (χ4v) is 3.16. The minimum absolute atomic E-state index is 0.180. The normalized spacial score (nSPS) is 12.7. The molecule has 0 aliphatic carbocycles. The van der Waals surface area contributed by atoms with Gasteiger partial charge in [-0.05, 0) is 54.8 Å². The highest BCUT2D eigenvalue weighted by atomic mass is 127. The summed E-state index contributed by atoms with van der Waals surface area (Å²) in [5, 5.41) is 13.2. The molecule has 1 unspecified atom stereocenters. The van der Waals surface area contributed by atoms with Gasteiger partial charge in [-0.3, -0.25) is 0 Å². The average molecular weight is 363 g/mol. The number of halogens is 2. The van der Waals surface area contributed by atoms with Crippen LogP contribution in [0.4, 0.5) is 4.39 Å². The summed E-state index contributed by atoms with van der Waals surface area (Å²) in [6, 6.07) is 4.86. The second-order valence-electron chi connectivity index (χ2n) is 3.58. The molecule has 1 aromatic carbocycles. The van der Waals surface area contributed by atoms with Crippen molar-refractivity contribution in [3.05, 3.63) is 32.6 Å². The van der Waals surface area contributed by atoms with E-state index in [0.29, 0.717) is 0 Å². The summed E-state index contributed by atoms with van der Waals surface area (Å²) in [7, 11) is 1.88. The quantitative estimate of drug-likeness (QED) is 0.851. The first-order chi connectivity index (χ1) is 8.11. The van der Waals surface area contributed by atoms with Crippen LogP contribution in [0.3, 0.4) is 0 Å². The Morgan fingerprint density at radius 3 is 2.82 bits per heavy atom. The van der Waals surface area contributed by atoms with Crippen molar-refractivity contribution in [3.63, 3.8) is 0 Å². The molecule has 3 nitrogen and oxygen atoms in total. The number of nitrogens with one attached hydrogen (secondary N) is 1. The summed E-state index contributed by atoms with van der Waals surface area (Å²) in [6.07, 6.45) is 0. The molecule has 1 atom stereocenters. The van der Waals surface area contributed by atoms with Gasteiger partial charge < -0.3 is 5.32 Å². The zero-order chi connectivity index (χ0) is 12.4. The summed E-state index contributed by atoms with van der Waals surface area (Å²) >= 11 is 3.64. The van der Waals surface area contributed by atoms with Crippen LogP contribution < -0.4 is 5.32 Å². The molecule has 1 N–H and O–H groups in total. The number of rotatable bonds is 3. The molecule has 0 fully saturated rings. The largest absolute Gasteiger partial charge is 0.311 e. The number of hydrogen-bond acceptors (Lipinski definition) is 4. The van der Waals surface area contributed by atoms with Crippen LogP contribution in [0.25, 0.3) is 10.6 Å². The molecule has 0 spiro atoms. The predicted molar refractivity (Wildman–Crippen MR) is 75.5 cm³/mol. The topological polar surface area (TPSA) is 37.8 Å². The van der Waals surface area contributed by atoms with Crippen LogP contribution in [-0.2, 0) is 0 Å². The van der Waals surface area contributed by atoms with Gasteiger partial charge in [0, 0.05) is 9.13 Å². The van der Waals surface area contributed by atoms with E-state index in [1.54, 1.807) is 6.07 Å². The Morgan fingerprint density at radius 2 is 2.18 bits per heavy atom. The van der Waals surface area contributed by atoms with Crippen molar-refractivity contribution in [1.29, 1.82) is 0 Å². The van der Waals surface area contributed by atoms with Crippen molar-refractivity contribution in [2.24, 2.45) is 0 Å². The molecular formula is C11H11FIN3S. The molecule has 90 valence electrons. The van der Waals surface area contributed by atoms with E-state index in [1.165, 1.54) is 23.5 Å². The highest BCUT2D eigenvalue weighted by Crippen LogP contribution is 2.30. The van der Waals surface area contributed by atoms with Gasteiger partial charge in [0.2, 0.25) is 0 Å².